The molecule has 5 heteroatoms. The summed E-state index contributed by atoms with van der Waals surface area (Å²) in [4.78, 5) is 8.67. The van der Waals surface area contributed by atoms with E-state index in [9.17, 15) is 0 Å². The molecule has 0 atom stereocenters. The Morgan fingerprint density at radius 3 is 2.29 bits per heavy atom. The Bertz CT molecular complexity index is 362. The maximum Gasteiger partial charge on any atom is 0.131 e. The van der Waals surface area contributed by atoms with Crippen LogP contribution in [-0.2, 0) is 0 Å². The number of likely N-dealkylation sites (N-methyl/N-ethyl adjacent to an activating group) is 1. The van der Waals surface area contributed by atoms with Gasteiger partial charge in [0.05, 0.1) is 0 Å². The minimum absolute atomic E-state index is 0.0389. The molecule has 1 rings (SSSR count). The summed E-state index contributed by atoms with van der Waals surface area (Å²) in [6, 6.07) is 1.93. The lowest BCUT2D eigenvalue weighted by molar-refractivity contribution is 0.447. The van der Waals surface area contributed by atoms with Crippen LogP contribution in [0.1, 0.15) is 26.6 Å². The van der Waals surface area contributed by atoms with Crippen molar-refractivity contribution < 1.29 is 0 Å². The second kappa shape index (κ2) is 5.82. The molecule has 96 valence electrons. The summed E-state index contributed by atoms with van der Waals surface area (Å²) < 4.78 is 0. The van der Waals surface area contributed by atoms with Crippen molar-refractivity contribution in [3.8, 4) is 0 Å². The van der Waals surface area contributed by atoms with Gasteiger partial charge in [-0.3, -0.25) is 0 Å². The van der Waals surface area contributed by atoms with Crippen molar-refractivity contribution in [3.63, 3.8) is 0 Å². The molecule has 0 amide bonds. The maximum atomic E-state index is 4.36. The smallest absolute Gasteiger partial charge is 0.131 e. The molecule has 0 saturated heterocycles. The highest BCUT2D eigenvalue weighted by atomic mass is 15.1. The van der Waals surface area contributed by atoms with E-state index in [1.54, 1.807) is 0 Å². The SMILES string of the molecule is CCNc1cc(NCC(C)(C)NC)nc(C)n1. The van der Waals surface area contributed by atoms with E-state index in [-0.39, 0.29) is 5.54 Å². The number of aromatic nitrogens is 2. The fourth-order valence-corrected chi connectivity index (χ4v) is 1.33. The van der Waals surface area contributed by atoms with Crippen molar-refractivity contribution in [2.75, 3.05) is 30.8 Å². The predicted octanol–water partition coefficient (Wildman–Crippen LogP) is 1.63. The summed E-state index contributed by atoms with van der Waals surface area (Å²) in [5, 5.41) is 9.76. The molecule has 5 nitrogen and oxygen atoms in total. The van der Waals surface area contributed by atoms with Crippen molar-refractivity contribution >= 4 is 11.6 Å². The highest BCUT2D eigenvalue weighted by molar-refractivity contribution is 5.47. The van der Waals surface area contributed by atoms with Gasteiger partial charge in [-0.1, -0.05) is 0 Å². The molecule has 3 N–H and O–H groups in total. The standard InChI is InChI=1S/C12H23N5/c1-6-14-10-7-11(17-9(2)16-10)15-8-12(3,4)13-5/h7,13H,6,8H2,1-5H3,(H2,14,15,16,17). The van der Waals surface area contributed by atoms with Crippen LogP contribution < -0.4 is 16.0 Å². The summed E-state index contributed by atoms with van der Waals surface area (Å²) in [6.45, 7) is 9.89. The monoisotopic (exact) mass is 237 g/mol. The molecule has 17 heavy (non-hydrogen) atoms. The largest absolute Gasteiger partial charge is 0.370 e. The Hall–Kier alpha value is -1.36. The Kier molecular flexibility index (Phi) is 4.69. The molecule has 0 aromatic carbocycles. The number of nitrogens with zero attached hydrogens (tertiary/aromatic N) is 2. The average molecular weight is 237 g/mol. The van der Waals surface area contributed by atoms with Gasteiger partial charge < -0.3 is 16.0 Å². The highest BCUT2D eigenvalue weighted by Gasteiger charge is 2.14. The first-order valence-electron chi connectivity index (χ1n) is 5.99. The van der Waals surface area contributed by atoms with E-state index in [4.69, 9.17) is 0 Å². The molecular formula is C12H23N5. The fourth-order valence-electron chi connectivity index (χ4n) is 1.33. The molecule has 1 aromatic rings. The van der Waals surface area contributed by atoms with Gasteiger partial charge >= 0.3 is 0 Å². The van der Waals surface area contributed by atoms with Crippen LogP contribution in [0, 0.1) is 6.92 Å². The summed E-state index contributed by atoms with van der Waals surface area (Å²) in [5.74, 6) is 2.50. The van der Waals surface area contributed by atoms with Crippen LogP contribution in [0.3, 0.4) is 0 Å². The zero-order valence-electron chi connectivity index (χ0n) is 11.4. The Morgan fingerprint density at radius 1 is 1.18 bits per heavy atom. The van der Waals surface area contributed by atoms with E-state index in [1.807, 2.05) is 20.0 Å². The highest BCUT2D eigenvalue weighted by Crippen LogP contribution is 2.12. The molecular weight excluding hydrogens is 214 g/mol. The second-order valence-electron chi connectivity index (χ2n) is 4.70. The van der Waals surface area contributed by atoms with E-state index in [0.29, 0.717) is 0 Å². The van der Waals surface area contributed by atoms with Crippen molar-refractivity contribution in [3.05, 3.63) is 11.9 Å². The second-order valence-corrected chi connectivity index (χ2v) is 4.70. The van der Waals surface area contributed by atoms with Gasteiger partial charge in [-0.15, -0.1) is 0 Å². The van der Waals surface area contributed by atoms with Crippen molar-refractivity contribution in [2.45, 2.75) is 33.2 Å². The van der Waals surface area contributed by atoms with Crippen LogP contribution in [0.15, 0.2) is 6.07 Å². The topological polar surface area (TPSA) is 61.9 Å². The lowest BCUT2D eigenvalue weighted by atomic mass is 10.1. The van der Waals surface area contributed by atoms with Gasteiger partial charge in [0.2, 0.25) is 0 Å². The number of hydrogen-bond acceptors (Lipinski definition) is 5. The zero-order chi connectivity index (χ0) is 12.9. The van der Waals surface area contributed by atoms with Gasteiger partial charge in [0.15, 0.2) is 0 Å². The van der Waals surface area contributed by atoms with Crippen LogP contribution in [0.4, 0.5) is 11.6 Å². The lowest BCUT2D eigenvalue weighted by Gasteiger charge is -2.24. The number of aryl methyl sites for hydroxylation is 1. The molecule has 0 aliphatic heterocycles. The van der Waals surface area contributed by atoms with Crippen LogP contribution in [-0.4, -0.2) is 35.6 Å². The average Bonchev–Trinajstić information content (AvgIpc) is 2.26. The molecule has 0 aliphatic rings. The first-order valence-corrected chi connectivity index (χ1v) is 5.99. The molecule has 0 spiro atoms. The minimum Gasteiger partial charge on any atom is -0.370 e. The van der Waals surface area contributed by atoms with Gasteiger partial charge in [-0.05, 0) is 34.7 Å². The van der Waals surface area contributed by atoms with Crippen molar-refractivity contribution in [1.82, 2.24) is 15.3 Å². The van der Waals surface area contributed by atoms with Crippen LogP contribution in [0.5, 0.6) is 0 Å². The van der Waals surface area contributed by atoms with Gasteiger partial charge in [-0.2, -0.15) is 0 Å². The van der Waals surface area contributed by atoms with E-state index < -0.39 is 0 Å². The van der Waals surface area contributed by atoms with E-state index in [2.05, 4.69) is 46.7 Å². The zero-order valence-corrected chi connectivity index (χ0v) is 11.4. The van der Waals surface area contributed by atoms with Crippen molar-refractivity contribution in [1.29, 1.82) is 0 Å². The van der Waals surface area contributed by atoms with E-state index in [1.165, 1.54) is 0 Å². The van der Waals surface area contributed by atoms with Crippen LogP contribution >= 0.6 is 0 Å². The van der Waals surface area contributed by atoms with E-state index in [0.717, 1.165) is 30.5 Å². The molecule has 0 bridgehead atoms. The maximum absolute atomic E-state index is 4.36. The third-order valence-electron chi connectivity index (χ3n) is 2.58. The molecule has 0 unspecified atom stereocenters. The number of rotatable bonds is 6. The Labute approximate surface area is 103 Å². The van der Waals surface area contributed by atoms with Crippen molar-refractivity contribution in [2.24, 2.45) is 0 Å². The Morgan fingerprint density at radius 2 is 1.76 bits per heavy atom. The third-order valence-corrected chi connectivity index (χ3v) is 2.58. The molecule has 0 radical (unpaired) electrons. The van der Waals surface area contributed by atoms with Gasteiger partial charge in [0, 0.05) is 24.7 Å². The third kappa shape index (κ3) is 4.56. The number of hydrogen-bond donors (Lipinski definition) is 3. The molecule has 1 aromatic heterocycles. The summed E-state index contributed by atoms with van der Waals surface area (Å²) in [6.07, 6.45) is 0. The minimum atomic E-state index is 0.0389. The fraction of sp³-hybridized carbons (Fsp3) is 0.667. The first kappa shape index (κ1) is 13.7. The predicted molar refractivity (Wildman–Crippen MR) is 72.6 cm³/mol. The molecule has 0 saturated carbocycles. The lowest BCUT2D eigenvalue weighted by Crippen LogP contribution is -2.42. The summed E-state index contributed by atoms with van der Waals surface area (Å²) >= 11 is 0. The first-order chi connectivity index (χ1) is 7.96. The summed E-state index contributed by atoms with van der Waals surface area (Å²) in [5.41, 5.74) is 0.0389. The summed E-state index contributed by atoms with van der Waals surface area (Å²) in [7, 11) is 1.96. The normalized spacial score (nSPS) is 11.4. The van der Waals surface area contributed by atoms with E-state index >= 15 is 0 Å². The van der Waals surface area contributed by atoms with Gasteiger partial charge in [0.25, 0.3) is 0 Å². The molecule has 0 aliphatic carbocycles. The van der Waals surface area contributed by atoms with Gasteiger partial charge in [-0.25, -0.2) is 9.97 Å². The Balaban J connectivity index is 2.70. The van der Waals surface area contributed by atoms with Gasteiger partial charge in [0.1, 0.15) is 17.5 Å². The van der Waals surface area contributed by atoms with Crippen LogP contribution in [0.25, 0.3) is 0 Å². The molecule has 0 fully saturated rings. The molecule has 1 heterocycles. The number of anilines is 2. The quantitative estimate of drug-likeness (QED) is 0.702. The number of nitrogens with one attached hydrogen (secondary N) is 3. The van der Waals surface area contributed by atoms with Crippen LogP contribution in [0.2, 0.25) is 0 Å².